The van der Waals surface area contributed by atoms with Crippen LogP contribution < -0.4 is 11.1 Å². The van der Waals surface area contributed by atoms with Crippen molar-refractivity contribution in [3.8, 4) is 0 Å². The first kappa shape index (κ1) is 14.1. The van der Waals surface area contributed by atoms with Crippen LogP contribution in [0.5, 0.6) is 0 Å². The Labute approximate surface area is 114 Å². The standard InChI is InChI=1S/C14H23N3O2/c1-3-4-11-5-6-12(19-11)9-17-8-10(15)7-13(17)14(18)16-2/h5-6,10,13H,3-4,7-9,15H2,1-2H3,(H,16,18)/t10-,13+/m1/s1. The molecule has 2 rings (SSSR count). The third-order valence-corrected chi connectivity index (χ3v) is 3.56. The fourth-order valence-electron chi connectivity index (χ4n) is 2.64. The number of hydrogen-bond acceptors (Lipinski definition) is 4. The summed E-state index contributed by atoms with van der Waals surface area (Å²) in [6.45, 7) is 3.51. The van der Waals surface area contributed by atoms with Gasteiger partial charge < -0.3 is 15.5 Å². The van der Waals surface area contributed by atoms with Gasteiger partial charge in [-0.25, -0.2) is 0 Å². The lowest BCUT2D eigenvalue weighted by Crippen LogP contribution is -2.41. The van der Waals surface area contributed by atoms with Gasteiger partial charge in [-0.15, -0.1) is 0 Å². The molecule has 3 N–H and O–H groups in total. The van der Waals surface area contributed by atoms with Crippen LogP contribution in [0.25, 0.3) is 0 Å². The highest BCUT2D eigenvalue weighted by Crippen LogP contribution is 2.21. The topological polar surface area (TPSA) is 71.5 Å². The minimum Gasteiger partial charge on any atom is -0.465 e. The molecule has 0 aliphatic carbocycles. The Bertz CT molecular complexity index is 430. The number of nitrogens with one attached hydrogen (secondary N) is 1. The summed E-state index contributed by atoms with van der Waals surface area (Å²) in [4.78, 5) is 13.9. The van der Waals surface area contributed by atoms with Crippen LogP contribution in [-0.4, -0.2) is 36.5 Å². The van der Waals surface area contributed by atoms with Crippen molar-refractivity contribution >= 4 is 5.91 Å². The molecule has 1 fully saturated rings. The van der Waals surface area contributed by atoms with Gasteiger partial charge in [-0.2, -0.15) is 0 Å². The Morgan fingerprint density at radius 3 is 2.95 bits per heavy atom. The largest absolute Gasteiger partial charge is 0.465 e. The molecule has 5 heteroatoms. The summed E-state index contributed by atoms with van der Waals surface area (Å²) in [6, 6.07) is 3.94. The summed E-state index contributed by atoms with van der Waals surface area (Å²) in [5.74, 6) is 1.96. The van der Waals surface area contributed by atoms with Crippen molar-refractivity contribution in [3.05, 3.63) is 23.7 Å². The van der Waals surface area contributed by atoms with E-state index in [0.717, 1.165) is 30.9 Å². The SMILES string of the molecule is CCCc1ccc(CN2C[C@H](N)C[C@H]2C(=O)NC)o1. The number of furan rings is 1. The second-order valence-corrected chi connectivity index (χ2v) is 5.17. The quantitative estimate of drug-likeness (QED) is 0.829. The van der Waals surface area contributed by atoms with E-state index in [0.29, 0.717) is 13.0 Å². The second kappa shape index (κ2) is 6.21. The number of aryl methyl sites for hydroxylation is 1. The van der Waals surface area contributed by atoms with Crippen LogP contribution in [0, 0.1) is 0 Å². The van der Waals surface area contributed by atoms with Crippen molar-refractivity contribution in [1.29, 1.82) is 0 Å². The molecule has 0 aromatic carbocycles. The molecule has 2 heterocycles. The minimum atomic E-state index is -0.139. The van der Waals surface area contributed by atoms with Crippen molar-refractivity contribution in [3.63, 3.8) is 0 Å². The molecule has 1 saturated heterocycles. The molecule has 1 amide bonds. The van der Waals surface area contributed by atoms with E-state index >= 15 is 0 Å². The van der Waals surface area contributed by atoms with E-state index in [1.54, 1.807) is 7.05 Å². The van der Waals surface area contributed by atoms with Crippen molar-refractivity contribution in [2.24, 2.45) is 5.73 Å². The molecule has 0 saturated carbocycles. The third kappa shape index (κ3) is 3.36. The highest BCUT2D eigenvalue weighted by atomic mass is 16.3. The van der Waals surface area contributed by atoms with E-state index in [9.17, 15) is 4.79 Å². The third-order valence-electron chi connectivity index (χ3n) is 3.56. The van der Waals surface area contributed by atoms with Gasteiger partial charge in [0.25, 0.3) is 0 Å². The average molecular weight is 265 g/mol. The van der Waals surface area contributed by atoms with E-state index in [-0.39, 0.29) is 18.0 Å². The fourth-order valence-corrected chi connectivity index (χ4v) is 2.64. The number of amides is 1. The predicted octanol–water partition coefficient (Wildman–Crippen LogP) is 0.880. The fraction of sp³-hybridized carbons (Fsp3) is 0.643. The van der Waals surface area contributed by atoms with Gasteiger partial charge >= 0.3 is 0 Å². The molecule has 5 nitrogen and oxygen atoms in total. The van der Waals surface area contributed by atoms with Gasteiger partial charge in [0.2, 0.25) is 5.91 Å². The lowest BCUT2D eigenvalue weighted by atomic mass is 10.1. The lowest BCUT2D eigenvalue weighted by Gasteiger charge is -2.21. The van der Waals surface area contributed by atoms with Crippen molar-refractivity contribution in [2.75, 3.05) is 13.6 Å². The van der Waals surface area contributed by atoms with Crippen molar-refractivity contribution in [2.45, 2.75) is 44.8 Å². The molecule has 106 valence electrons. The van der Waals surface area contributed by atoms with Crippen molar-refractivity contribution < 1.29 is 9.21 Å². The first-order valence-electron chi connectivity index (χ1n) is 6.92. The maximum Gasteiger partial charge on any atom is 0.237 e. The highest BCUT2D eigenvalue weighted by molar-refractivity contribution is 5.81. The van der Waals surface area contributed by atoms with E-state index < -0.39 is 0 Å². The normalized spacial score (nSPS) is 23.7. The Balaban J connectivity index is 2.01. The summed E-state index contributed by atoms with van der Waals surface area (Å²) >= 11 is 0. The van der Waals surface area contributed by atoms with Crippen LogP contribution in [0.2, 0.25) is 0 Å². The first-order chi connectivity index (χ1) is 9.13. The highest BCUT2D eigenvalue weighted by Gasteiger charge is 2.34. The summed E-state index contributed by atoms with van der Waals surface area (Å²) < 4.78 is 5.77. The molecule has 0 spiro atoms. The zero-order valence-electron chi connectivity index (χ0n) is 11.7. The summed E-state index contributed by atoms with van der Waals surface area (Å²) in [5.41, 5.74) is 5.96. The van der Waals surface area contributed by atoms with Gasteiger partial charge in [0, 0.05) is 26.1 Å². The summed E-state index contributed by atoms with van der Waals surface area (Å²) in [6.07, 6.45) is 2.74. The molecule has 1 aliphatic rings. The van der Waals surface area contributed by atoms with E-state index in [2.05, 4.69) is 17.1 Å². The van der Waals surface area contributed by atoms with Gasteiger partial charge in [0.05, 0.1) is 12.6 Å². The molecular weight excluding hydrogens is 242 g/mol. The molecule has 0 radical (unpaired) electrons. The van der Waals surface area contributed by atoms with Gasteiger partial charge in [-0.05, 0) is 25.0 Å². The number of carbonyl (C=O) groups is 1. The Kier molecular flexibility index (Phi) is 4.61. The van der Waals surface area contributed by atoms with Gasteiger partial charge in [-0.1, -0.05) is 6.92 Å². The summed E-state index contributed by atoms with van der Waals surface area (Å²) in [7, 11) is 1.66. The van der Waals surface area contributed by atoms with E-state index in [1.165, 1.54) is 0 Å². The van der Waals surface area contributed by atoms with Crippen molar-refractivity contribution in [1.82, 2.24) is 10.2 Å². The zero-order chi connectivity index (χ0) is 13.8. The number of rotatable bonds is 5. The maximum atomic E-state index is 11.8. The first-order valence-corrected chi connectivity index (χ1v) is 6.92. The molecule has 1 aliphatic heterocycles. The van der Waals surface area contributed by atoms with Crippen LogP contribution in [0.15, 0.2) is 16.5 Å². The van der Waals surface area contributed by atoms with Crippen LogP contribution in [-0.2, 0) is 17.8 Å². The smallest absolute Gasteiger partial charge is 0.237 e. The number of nitrogens with two attached hydrogens (primary N) is 1. The van der Waals surface area contributed by atoms with E-state index in [1.807, 2.05) is 12.1 Å². The Morgan fingerprint density at radius 1 is 1.53 bits per heavy atom. The average Bonchev–Trinajstić information content (AvgIpc) is 2.96. The van der Waals surface area contributed by atoms with E-state index in [4.69, 9.17) is 10.2 Å². The second-order valence-electron chi connectivity index (χ2n) is 5.17. The van der Waals surface area contributed by atoms with Gasteiger partial charge in [-0.3, -0.25) is 9.69 Å². The minimum absolute atomic E-state index is 0.0355. The van der Waals surface area contributed by atoms with Gasteiger partial charge in [0.1, 0.15) is 11.5 Å². The van der Waals surface area contributed by atoms with Crippen LogP contribution >= 0.6 is 0 Å². The molecule has 2 atom stereocenters. The zero-order valence-corrected chi connectivity index (χ0v) is 11.7. The number of carbonyl (C=O) groups excluding carboxylic acids is 1. The van der Waals surface area contributed by atoms with Gasteiger partial charge in [0.15, 0.2) is 0 Å². The number of likely N-dealkylation sites (tertiary alicyclic amines) is 1. The predicted molar refractivity (Wildman–Crippen MR) is 73.6 cm³/mol. The number of likely N-dealkylation sites (N-methyl/N-ethyl adjacent to an activating group) is 1. The number of hydrogen-bond donors (Lipinski definition) is 2. The molecule has 0 unspecified atom stereocenters. The number of nitrogens with zero attached hydrogens (tertiary/aromatic N) is 1. The maximum absolute atomic E-state index is 11.8. The Hall–Kier alpha value is -1.33. The monoisotopic (exact) mass is 265 g/mol. The molecule has 19 heavy (non-hydrogen) atoms. The van der Waals surface area contributed by atoms with Crippen LogP contribution in [0.4, 0.5) is 0 Å². The molecule has 1 aromatic rings. The van der Waals surface area contributed by atoms with Crippen LogP contribution in [0.1, 0.15) is 31.3 Å². The lowest BCUT2D eigenvalue weighted by molar-refractivity contribution is -0.125. The molecular formula is C14H23N3O2. The molecule has 0 bridgehead atoms. The Morgan fingerprint density at radius 2 is 2.26 bits per heavy atom. The summed E-state index contributed by atoms with van der Waals surface area (Å²) in [5, 5.41) is 2.70. The molecule has 1 aromatic heterocycles. The van der Waals surface area contributed by atoms with Crippen LogP contribution in [0.3, 0.4) is 0 Å².